The van der Waals surface area contributed by atoms with Crippen molar-refractivity contribution in [3.63, 3.8) is 0 Å². The van der Waals surface area contributed by atoms with Crippen LogP contribution in [-0.4, -0.2) is 48.8 Å². The molecule has 0 aliphatic carbocycles. The molecule has 2 aliphatic heterocycles. The topological polar surface area (TPSA) is 59.0 Å². The van der Waals surface area contributed by atoms with Gasteiger partial charge in [-0.3, -0.25) is 4.79 Å². The summed E-state index contributed by atoms with van der Waals surface area (Å²) in [5.41, 5.74) is 0. The first kappa shape index (κ1) is 9.33. The smallest absolute Gasteiger partial charge is 0.292 e. The van der Waals surface area contributed by atoms with Crippen molar-refractivity contribution in [1.82, 2.24) is 4.90 Å². The van der Waals surface area contributed by atoms with Gasteiger partial charge in [0.2, 0.25) is 5.76 Å². The number of likely N-dealkylation sites (tertiary alicyclic amines) is 1. The molecule has 1 amide bonds. The molecule has 1 fully saturated rings. The second-order valence-electron chi connectivity index (χ2n) is 3.46. The first-order valence-corrected chi connectivity index (χ1v) is 4.66. The van der Waals surface area contributed by atoms with E-state index in [1.807, 2.05) is 0 Å². The number of rotatable bonds is 2. The van der Waals surface area contributed by atoms with Gasteiger partial charge in [-0.25, -0.2) is 0 Å². The van der Waals surface area contributed by atoms with Crippen LogP contribution in [0.4, 0.5) is 0 Å². The molecule has 0 saturated carbocycles. The average Bonchev–Trinajstić information content (AvgIpc) is 2.17. The fourth-order valence-electron chi connectivity index (χ4n) is 1.49. The van der Waals surface area contributed by atoms with Crippen LogP contribution in [0.1, 0.15) is 0 Å². The summed E-state index contributed by atoms with van der Waals surface area (Å²) < 4.78 is 10.1. The Bertz CT molecular complexity index is 258. The van der Waals surface area contributed by atoms with E-state index in [1.165, 1.54) is 6.26 Å². The van der Waals surface area contributed by atoms with Crippen LogP contribution in [0.15, 0.2) is 12.0 Å². The van der Waals surface area contributed by atoms with Gasteiger partial charge in [0.1, 0.15) is 19.5 Å². The Morgan fingerprint density at radius 2 is 2.36 bits per heavy atom. The van der Waals surface area contributed by atoms with Crippen molar-refractivity contribution in [2.24, 2.45) is 5.92 Å². The highest BCUT2D eigenvalue weighted by Crippen LogP contribution is 2.18. The lowest BCUT2D eigenvalue weighted by Crippen LogP contribution is -2.52. The Labute approximate surface area is 81.9 Å². The molecule has 0 aromatic carbocycles. The number of carbonyl (C=O) groups excluding carboxylic acids is 1. The Morgan fingerprint density at radius 3 is 2.93 bits per heavy atom. The predicted octanol–water partition coefficient (Wildman–Crippen LogP) is -0.675. The molecule has 0 atom stereocenters. The zero-order chi connectivity index (χ0) is 9.97. The number of nitrogens with zero attached hydrogens (tertiary/aromatic N) is 1. The van der Waals surface area contributed by atoms with Crippen LogP contribution in [-0.2, 0) is 14.3 Å². The summed E-state index contributed by atoms with van der Waals surface area (Å²) >= 11 is 0. The van der Waals surface area contributed by atoms with Gasteiger partial charge in [0.25, 0.3) is 5.91 Å². The van der Waals surface area contributed by atoms with E-state index in [0.29, 0.717) is 26.3 Å². The molecule has 1 N–H and O–H groups in total. The molecule has 2 rings (SSSR count). The second-order valence-corrected chi connectivity index (χ2v) is 3.46. The number of hydrogen-bond donors (Lipinski definition) is 1. The van der Waals surface area contributed by atoms with Crippen molar-refractivity contribution >= 4 is 5.91 Å². The fraction of sp³-hybridized carbons (Fsp3) is 0.667. The van der Waals surface area contributed by atoms with E-state index in [4.69, 9.17) is 14.6 Å². The molecule has 5 nitrogen and oxygen atoms in total. The van der Waals surface area contributed by atoms with Crippen molar-refractivity contribution in [3.8, 4) is 0 Å². The van der Waals surface area contributed by atoms with Gasteiger partial charge >= 0.3 is 0 Å². The molecule has 0 bridgehead atoms. The molecule has 14 heavy (non-hydrogen) atoms. The van der Waals surface area contributed by atoms with Crippen molar-refractivity contribution in [2.75, 3.05) is 32.9 Å². The second kappa shape index (κ2) is 3.88. The fourth-order valence-corrected chi connectivity index (χ4v) is 1.49. The summed E-state index contributed by atoms with van der Waals surface area (Å²) in [6.07, 6.45) is 1.36. The molecule has 0 aromatic heterocycles. The highest BCUT2D eigenvalue weighted by molar-refractivity contribution is 5.91. The molecule has 0 spiro atoms. The third-order valence-corrected chi connectivity index (χ3v) is 2.36. The van der Waals surface area contributed by atoms with Gasteiger partial charge in [0.15, 0.2) is 0 Å². The highest BCUT2D eigenvalue weighted by Gasteiger charge is 2.33. The number of ether oxygens (including phenoxy) is 2. The number of hydrogen-bond acceptors (Lipinski definition) is 4. The minimum Gasteiger partial charge on any atom is -0.494 e. The van der Waals surface area contributed by atoms with E-state index in [-0.39, 0.29) is 24.2 Å². The summed E-state index contributed by atoms with van der Waals surface area (Å²) in [7, 11) is 0. The molecule has 78 valence electrons. The van der Waals surface area contributed by atoms with E-state index < -0.39 is 0 Å². The van der Waals surface area contributed by atoms with Gasteiger partial charge in [-0.15, -0.1) is 0 Å². The van der Waals surface area contributed by atoms with Crippen LogP contribution in [0.2, 0.25) is 0 Å². The van der Waals surface area contributed by atoms with Crippen LogP contribution in [0.25, 0.3) is 0 Å². The SMILES string of the molecule is O=C(C1=COCCO1)N1CC(CO)C1. The summed E-state index contributed by atoms with van der Waals surface area (Å²) in [4.78, 5) is 13.3. The van der Waals surface area contributed by atoms with Gasteiger partial charge in [-0.2, -0.15) is 0 Å². The van der Waals surface area contributed by atoms with Gasteiger partial charge < -0.3 is 19.5 Å². The first-order chi connectivity index (χ1) is 6.81. The zero-order valence-corrected chi connectivity index (χ0v) is 7.81. The van der Waals surface area contributed by atoms with E-state index in [2.05, 4.69) is 0 Å². The minimum absolute atomic E-state index is 0.139. The average molecular weight is 199 g/mol. The maximum absolute atomic E-state index is 11.6. The third-order valence-electron chi connectivity index (χ3n) is 2.36. The molecular weight excluding hydrogens is 186 g/mol. The molecule has 0 aromatic rings. The molecule has 0 radical (unpaired) electrons. The van der Waals surface area contributed by atoms with E-state index in [9.17, 15) is 4.79 Å². The number of aliphatic hydroxyl groups is 1. The third kappa shape index (κ3) is 1.68. The molecule has 5 heteroatoms. The van der Waals surface area contributed by atoms with Crippen molar-refractivity contribution in [1.29, 1.82) is 0 Å². The zero-order valence-electron chi connectivity index (χ0n) is 7.81. The quantitative estimate of drug-likeness (QED) is 0.640. The van der Waals surface area contributed by atoms with E-state index >= 15 is 0 Å². The van der Waals surface area contributed by atoms with Crippen molar-refractivity contribution in [3.05, 3.63) is 12.0 Å². The normalized spacial score (nSPS) is 21.8. The Hall–Kier alpha value is -1.23. The first-order valence-electron chi connectivity index (χ1n) is 4.66. The van der Waals surface area contributed by atoms with Gasteiger partial charge in [0, 0.05) is 25.6 Å². The van der Waals surface area contributed by atoms with Crippen molar-refractivity contribution in [2.45, 2.75) is 0 Å². The van der Waals surface area contributed by atoms with Gasteiger partial charge in [-0.1, -0.05) is 0 Å². The minimum atomic E-state index is -0.144. The van der Waals surface area contributed by atoms with Crippen LogP contribution in [0.3, 0.4) is 0 Å². The lowest BCUT2D eigenvalue weighted by molar-refractivity contribution is -0.139. The lowest BCUT2D eigenvalue weighted by Gasteiger charge is -2.38. The molecular formula is C9H13NO4. The maximum Gasteiger partial charge on any atom is 0.292 e. The lowest BCUT2D eigenvalue weighted by atomic mass is 10.0. The summed E-state index contributed by atoms with van der Waals surface area (Å²) in [5.74, 6) is 0.353. The van der Waals surface area contributed by atoms with Crippen LogP contribution in [0, 0.1) is 5.92 Å². The predicted molar refractivity (Wildman–Crippen MR) is 47.1 cm³/mol. The Balaban J connectivity index is 1.87. The molecule has 1 saturated heterocycles. The highest BCUT2D eigenvalue weighted by atomic mass is 16.6. The van der Waals surface area contributed by atoms with Crippen LogP contribution < -0.4 is 0 Å². The van der Waals surface area contributed by atoms with Crippen LogP contribution >= 0.6 is 0 Å². The number of aliphatic hydroxyl groups excluding tert-OH is 1. The summed E-state index contributed by atoms with van der Waals surface area (Å²) in [6, 6.07) is 0. The standard InChI is InChI=1S/C9H13NO4/c11-5-7-3-10(4-7)9(12)8-6-13-1-2-14-8/h6-7,11H,1-5H2. The monoisotopic (exact) mass is 199 g/mol. The largest absolute Gasteiger partial charge is 0.494 e. The van der Waals surface area contributed by atoms with Gasteiger partial charge in [0.05, 0.1) is 0 Å². The molecule has 2 heterocycles. The van der Waals surface area contributed by atoms with Crippen LogP contribution in [0.5, 0.6) is 0 Å². The van der Waals surface area contributed by atoms with E-state index in [1.54, 1.807) is 4.90 Å². The number of amides is 1. The Kier molecular flexibility index (Phi) is 2.58. The van der Waals surface area contributed by atoms with E-state index in [0.717, 1.165) is 0 Å². The van der Waals surface area contributed by atoms with Crippen molar-refractivity contribution < 1.29 is 19.4 Å². The van der Waals surface area contributed by atoms with Gasteiger partial charge in [-0.05, 0) is 0 Å². The summed E-state index contributed by atoms with van der Waals surface area (Å²) in [5, 5.41) is 8.79. The molecule has 2 aliphatic rings. The maximum atomic E-state index is 11.6. The molecule has 0 unspecified atom stereocenters. The Morgan fingerprint density at radius 1 is 1.57 bits per heavy atom. The summed E-state index contributed by atoms with van der Waals surface area (Å²) in [6.45, 7) is 2.27. The number of carbonyl (C=O) groups is 1.